The molecule has 4 bridgehead atoms. The molecule has 2 aromatic carbocycles. The van der Waals surface area contributed by atoms with Gasteiger partial charge in [-0.15, -0.1) is 0 Å². The minimum atomic E-state index is -3.77. The largest absolute Gasteiger partial charge is 0.351 e. The van der Waals surface area contributed by atoms with E-state index in [0.717, 1.165) is 53.5 Å². The molecule has 1 aromatic heterocycles. The first kappa shape index (κ1) is 24.7. The van der Waals surface area contributed by atoms with Crippen LogP contribution in [0.25, 0.3) is 10.9 Å². The summed E-state index contributed by atoms with van der Waals surface area (Å²) in [7, 11) is -3.77. The third-order valence-electron chi connectivity index (χ3n) is 9.10. The van der Waals surface area contributed by atoms with Gasteiger partial charge in [-0.25, -0.2) is 12.4 Å². The summed E-state index contributed by atoms with van der Waals surface area (Å²) >= 11 is 0. The van der Waals surface area contributed by atoms with E-state index in [2.05, 4.69) is 26.1 Å². The number of benzene rings is 2. The van der Waals surface area contributed by atoms with E-state index in [-0.39, 0.29) is 21.8 Å². The average Bonchev–Trinajstić information content (AvgIpc) is 3.21. The van der Waals surface area contributed by atoms with Crippen LogP contribution in [0.5, 0.6) is 0 Å². The Morgan fingerprint density at radius 3 is 2.14 bits per heavy atom. The summed E-state index contributed by atoms with van der Waals surface area (Å²) < 4.78 is 28.7. The standard InChI is InChI=1S/C31H38N2O3S/c1-30(2,3)25-9-11-26(12-10-25)37(35,36)33-20-24(27-6-4-5-7-28(27)33)8-13-29(34)32-31-17-21-14-22(18-31)16-23(15-21)19-31/h4-7,9-12,20-23H,8,13-19H2,1-3H3,(H,32,34). The predicted molar refractivity (Wildman–Crippen MR) is 147 cm³/mol. The minimum absolute atomic E-state index is 0.00237. The lowest BCUT2D eigenvalue weighted by Crippen LogP contribution is -2.59. The molecule has 4 aliphatic carbocycles. The molecule has 37 heavy (non-hydrogen) atoms. The van der Waals surface area contributed by atoms with Crippen molar-refractivity contribution in [3.05, 3.63) is 65.9 Å². The van der Waals surface area contributed by atoms with Gasteiger partial charge in [-0.05, 0) is 97.4 Å². The molecule has 5 nitrogen and oxygen atoms in total. The number of rotatable bonds is 6. The number of amides is 1. The van der Waals surface area contributed by atoms with E-state index < -0.39 is 10.0 Å². The van der Waals surface area contributed by atoms with Gasteiger partial charge >= 0.3 is 0 Å². The van der Waals surface area contributed by atoms with E-state index in [4.69, 9.17) is 0 Å². The molecule has 0 radical (unpaired) electrons. The zero-order valence-corrected chi connectivity index (χ0v) is 23.0. The van der Waals surface area contributed by atoms with Crippen LogP contribution < -0.4 is 5.32 Å². The number of para-hydroxylation sites is 1. The molecule has 0 saturated heterocycles. The predicted octanol–water partition coefficient (Wildman–Crippen LogP) is 6.19. The SMILES string of the molecule is CC(C)(C)c1ccc(S(=O)(=O)n2cc(CCC(=O)NC34CC5CC(CC(C5)C3)C4)c3ccccc32)cc1. The number of nitrogens with zero attached hydrogens (tertiary/aromatic N) is 1. The molecule has 1 heterocycles. The normalized spacial score (nSPS) is 27.1. The second-order valence-corrected chi connectivity index (χ2v) is 14.8. The lowest BCUT2D eigenvalue weighted by molar-refractivity contribution is -0.126. The van der Waals surface area contributed by atoms with Crippen molar-refractivity contribution in [2.24, 2.45) is 17.8 Å². The van der Waals surface area contributed by atoms with E-state index in [1.54, 1.807) is 18.3 Å². The molecule has 196 valence electrons. The fourth-order valence-corrected chi connectivity index (χ4v) is 9.12. The zero-order valence-electron chi connectivity index (χ0n) is 22.2. The Morgan fingerprint density at radius 2 is 1.54 bits per heavy atom. The first-order chi connectivity index (χ1) is 17.5. The van der Waals surface area contributed by atoms with Gasteiger partial charge in [0.2, 0.25) is 5.91 Å². The monoisotopic (exact) mass is 518 g/mol. The van der Waals surface area contributed by atoms with Crippen LogP contribution in [0.3, 0.4) is 0 Å². The van der Waals surface area contributed by atoms with Crippen molar-refractivity contribution >= 4 is 26.8 Å². The lowest BCUT2D eigenvalue weighted by Gasteiger charge is -2.56. The molecule has 6 heteroatoms. The summed E-state index contributed by atoms with van der Waals surface area (Å²) in [6.45, 7) is 6.34. The molecule has 4 saturated carbocycles. The molecule has 0 unspecified atom stereocenters. The lowest BCUT2D eigenvalue weighted by atomic mass is 9.53. The van der Waals surface area contributed by atoms with Crippen molar-refractivity contribution in [1.82, 2.24) is 9.29 Å². The van der Waals surface area contributed by atoms with E-state index in [1.807, 2.05) is 36.4 Å². The molecular weight excluding hydrogens is 480 g/mol. The second-order valence-electron chi connectivity index (χ2n) is 13.0. The summed E-state index contributed by atoms with van der Waals surface area (Å²) in [5, 5.41) is 4.35. The van der Waals surface area contributed by atoms with Crippen LogP contribution in [0.4, 0.5) is 0 Å². The van der Waals surface area contributed by atoms with Crippen LogP contribution in [0.15, 0.2) is 59.6 Å². The third kappa shape index (κ3) is 4.52. The maximum absolute atomic E-state index is 13.7. The Labute approximate surface area is 220 Å². The van der Waals surface area contributed by atoms with Gasteiger partial charge in [-0.2, -0.15) is 0 Å². The molecule has 0 aliphatic heterocycles. The van der Waals surface area contributed by atoms with Crippen molar-refractivity contribution in [1.29, 1.82) is 0 Å². The topological polar surface area (TPSA) is 68.2 Å². The number of aromatic nitrogens is 1. The highest BCUT2D eigenvalue weighted by atomic mass is 32.2. The van der Waals surface area contributed by atoms with Gasteiger partial charge in [0.25, 0.3) is 10.0 Å². The summed E-state index contributed by atoms with van der Waals surface area (Å²) in [6.07, 6.45) is 10.1. The Balaban J connectivity index is 1.22. The van der Waals surface area contributed by atoms with Crippen LogP contribution in [-0.2, 0) is 26.7 Å². The molecule has 7 rings (SSSR count). The highest BCUT2D eigenvalue weighted by Crippen LogP contribution is 2.55. The summed E-state index contributed by atoms with van der Waals surface area (Å²) in [4.78, 5) is 13.4. The van der Waals surface area contributed by atoms with Crippen molar-refractivity contribution in [2.45, 2.75) is 88.0 Å². The van der Waals surface area contributed by atoms with Crippen molar-refractivity contribution in [3.63, 3.8) is 0 Å². The fourth-order valence-electron chi connectivity index (χ4n) is 7.73. The number of carbonyl (C=O) groups is 1. The van der Waals surface area contributed by atoms with Crippen LogP contribution in [0.1, 0.15) is 76.8 Å². The zero-order chi connectivity index (χ0) is 26.0. The van der Waals surface area contributed by atoms with Crippen LogP contribution in [-0.4, -0.2) is 23.8 Å². The maximum Gasteiger partial charge on any atom is 0.268 e. The van der Waals surface area contributed by atoms with Gasteiger partial charge in [0.15, 0.2) is 0 Å². The minimum Gasteiger partial charge on any atom is -0.351 e. The Kier molecular flexibility index (Phi) is 5.83. The highest BCUT2D eigenvalue weighted by Gasteiger charge is 2.51. The average molecular weight is 519 g/mol. The third-order valence-corrected chi connectivity index (χ3v) is 10.8. The Bertz CT molecular complexity index is 1410. The van der Waals surface area contributed by atoms with Gasteiger partial charge in [0.05, 0.1) is 10.4 Å². The molecule has 3 aromatic rings. The molecule has 0 atom stereocenters. The molecule has 1 amide bonds. The van der Waals surface area contributed by atoms with Gasteiger partial charge in [0, 0.05) is 23.5 Å². The van der Waals surface area contributed by atoms with Gasteiger partial charge in [-0.3, -0.25) is 4.79 Å². The van der Waals surface area contributed by atoms with Gasteiger partial charge in [-0.1, -0.05) is 51.1 Å². The Morgan fingerprint density at radius 1 is 0.946 bits per heavy atom. The summed E-state index contributed by atoms with van der Waals surface area (Å²) in [6, 6.07) is 14.8. The second kappa shape index (κ2) is 8.72. The highest BCUT2D eigenvalue weighted by molar-refractivity contribution is 7.90. The molecule has 1 N–H and O–H groups in total. The van der Waals surface area contributed by atoms with Gasteiger partial charge in [0.1, 0.15) is 0 Å². The van der Waals surface area contributed by atoms with Crippen LogP contribution >= 0.6 is 0 Å². The molecule has 4 aliphatic rings. The van der Waals surface area contributed by atoms with Crippen LogP contribution in [0.2, 0.25) is 0 Å². The quantitative estimate of drug-likeness (QED) is 0.423. The van der Waals surface area contributed by atoms with E-state index >= 15 is 0 Å². The van der Waals surface area contributed by atoms with E-state index in [1.165, 1.54) is 23.2 Å². The summed E-state index contributed by atoms with van der Waals surface area (Å²) in [5.74, 6) is 2.45. The van der Waals surface area contributed by atoms with E-state index in [0.29, 0.717) is 18.4 Å². The van der Waals surface area contributed by atoms with E-state index in [9.17, 15) is 13.2 Å². The fraction of sp³-hybridized carbons (Fsp3) is 0.516. The maximum atomic E-state index is 13.7. The molecule has 0 spiro atoms. The number of nitrogens with one attached hydrogen (secondary N) is 1. The summed E-state index contributed by atoms with van der Waals surface area (Å²) in [5.41, 5.74) is 2.59. The van der Waals surface area contributed by atoms with Crippen molar-refractivity contribution < 1.29 is 13.2 Å². The first-order valence-corrected chi connectivity index (χ1v) is 15.2. The number of hydrogen-bond donors (Lipinski definition) is 1. The van der Waals surface area contributed by atoms with Gasteiger partial charge < -0.3 is 5.32 Å². The molecule has 4 fully saturated rings. The number of aryl methyl sites for hydroxylation is 1. The van der Waals surface area contributed by atoms with Crippen LogP contribution in [0, 0.1) is 17.8 Å². The van der Waals surface area contributed by atoms with Crippen molar-refractivity contribution in [2.75, 3.05) is 0 Å². The molecular formula is C31H38N2O3S. The smallest absolute Gasteiger partial charge is 0.268 e. The number of carbonyl (C=O) groups excluding carboxylic acids is 1. The number of fused-ring (bicyclic) bond motifs is 1. The Hall–Kier alpha value is -2.60. The first-order valence-electron chi connectivity index (χ1n) is 13.8. The van der Waals surface area contributed by atoms with Crippen molar-refractivity contribution in [3.8, 4) is 0 Å². The number of hydrogen-bond acceptors (Lipinski definition) is 3.